The zero-order valence-corrected chi connectivity index (χ0v) is 15.3. The molecule has 1 unspecified atom stereocenters. The predicted molar refractivity (Wildman–Crippen MR) is 94.4 cm³/mol. The lowest BCUT2D eigenvalue weighted by Crippen LogP contribution is -2.34. The molecule has 0 bridgehead atoms. The van der Waals surface area contributed by atoms with Crippen molar-refractivity contribution in [2.24, 2.45) is 5.73 Å². The molecule has 0 aliphatic rings. The number of esters is 1. The van der Waals surface area contributed by atoms with Crippen LogP contribution in [0.3, 0.4) is 0 Å². The van der Waals surface area contributed by atoms with Crippen LogP contribution in [0.5, 0.6) is 0 Å². The summed E-state index contributed by atoms with van der Waals surface area (Å²) in [5.74, 6) is 2.68. The van der Waals surface area contributed by atoms with Gasteiger partial charge in [0.1, 0.15) is 14.1 Å². The largest absolute Gasteiger partial charge is 0.465 e. The Balaban J connectivity index is 3.05. The highest BCUT2D eigenvalue weighted by Gasteiger charge is 2.17. The van der Waals surface area contributed by atoms with Crippen LogP contribution in [0.25, 0.3) is 0 Å². The number of ether oxygens (including phenoxy) is 1. The fraction of sp³-hybridized carbons (Fsp3) is 0.438. The van der Waals surface area contributed by atoms with E-state index in [0.29, 0.717) is 29.3 Å². The summed E-state index contributed by atoms with van der Waals surface area (Å²) < 4.78 is 4.91. The van der Waals surface area contributed by atoms with E-state index in [2.05, 4.69) is 31.1 Å². The quantitative estimate of drug-likeness (QED) is 0.383. The van der Waals surface area contributed by atoms with Gasteiger partial charge in [0, 0.05) is 5.56 Å². The van der Waals surface area contributed by atoms with Crippen molar-refractivity contribution in [3.63, 3.8) is 0 Å². The molecule has 0 radical (unpaired) electrons. The normalized spacial score (nSPS) is 12.3. The number of hydrogen-bond donors (Lipinski definition) is 2. The third kappa shape index (κ3) is 5.72. The number of halogens is 1. The van der Waals surface area contributed by atoms with Crippen molar-refractivity contribution in [3.8, 4) is 11.5 Å². The molecule has 0 amide bonds. The van der Waals surface area contributed by atoms with Gasteiger partial charge in [0.25, 0.3) is 0 Å². The molecule has 0 aliphatic heterocycles. The summed E-state index contributed by atoms with van der Waals surface area (Å²) in [6.07, 6.45) is 0.334. The van der Waals surface area contributed by atoms with E-state index in [9.17, 15) is 4.79 Å². The zero-order valence-electron chi connectivity index (χ0n) is 13.5. The molecule has 4 nitrogen and oxygen atoms in total. The van der Waals surface area contributed by atoms with Crippen molar-refractivity contribution in [3.05, 3.63) is 28.3 Å². The van der Waals surface area contributed by atoms with Crippen LogP contribution in [0.15, 0.2) is 12.1 Å². The Morgan fingerprint density at radius 3 is 2.59 bits per heavy atom. The second-order valence-corrected chi connectivity index (χ2v) is 11.3. The molecule has 1 atom stereocenters. The summed E-state index contributed by atoms with van der Waals surface area (Å²) in [5, 5.41) is 0.424. The van der Waals surface area contributed by atoms with E-state index in [-0.39, 0.29) is 0 Å². The lowest BCUT2D eigenvalue weighted by atomic mass is 10.0. The molecule has 1 aromatic carbocycles. The molecule has 0 heterocycles. The van der Waals surface area contributed by atoms with E-state index in [1.54, 1.807) is 13.0 Å². The van der Waals surface area contributed by atoms with Gasteiger partial charge in [-0.05, 0) is 31.0 Å². The van der Waals surface area contributed by atoms with Crippen LogP contribution in [-0.4, -0.2) is 26.7 Å². The lowest BCUT2D eigenvalue weighted by Gasteiger charge is -2.12. The highest BCUT2D eigenvalue weighted by Crippen LogP contribution is 2.25. The van der Waals surface area contributed by atoms with Crippen LogP contribution in [0.4, 0.5) is 5.69 Å². The molecule has 22 heavy (non-hydrogen) atoms. The minimum atomic E-state index is -1.52. The predicted octanol–water partition coefficient (Wildman–Crippen LogP) is 2.58. The molecule has 1 aromatic rings. The molecular formula is C16H23ClN2O2Si. The summed E-state index contributed by atoms with van der Waals surface area (Å²) in [6.45, 7) is 8.51. The molecular weight excluding hydrogens is 316 g/mol. The summed E-state index contributed by atoms with van der Waals surface area (Å²) in [7, 11) is -1.52. The van der Waals surface area contributed by atoms with Crippen LogP contribution >= 0.6 is 11.6 Å². The van der Waals surface area contributed by atoms with Gasteiger partial charge < -0.3 is 16.2 Å². The van der Waals surface area contributed by atoms with Crippen LogP contribution < -0.4 is 11.5 Å². The molecule has 4 N–H and O–H groups in total. The maximum atomic E-state index is 11.6. The third-order valence-corrected chi connectivity index (χ3v) is 3.99. The molecule has 0 saturated carbocycles. The Hall–Kier alpha value is -1.48. The van der Waals surface area contributed by atoms with Crippen molar-refractivity contribution in [1.82, 2.24) is 0 Å². The minimum Gasteiger partial charge on any atom is -0.465 e. The lowest BCUT2D eigenvalue weighted by molar-refractivity contribution is -0.144. The molecule has 1 rings (SSSR count). The average Bonchev–Trinajstić information content (AvgIpc) is 2.40. The summed E-state index contributed by atoms with van der Waals surface area (Å²) in [6, 6.07) is 2.83. The van der Waals surface area contributed by atoms with E-state index in [0.717, 1.165) is 5.56 Å². The molecule has 6 heteroatoms. The van der Waals surface area contributed by atoms with Crippen LogP contribution in [0.2, 0.25) is 24.7 Å². The molecule has 0 spiro atoms. The van der Waals surface area contributed by atoms with Crippen molar-refractivity contribution >= 4 is 31.3 Å². The SMILES string of the molecule is CCOC(=O)C(N)Cc1cc(Cl)c(N)c(C#C[Si](C)(C)C)c1. The van der Waals surface area contributed by atoms with E-state index in [1.807, 2.05) is 6.07 Å². The Labute approximate surface area is 138 Å². The van der Waals surface area contributed by atoms with E-state index < -0.39 is 20.1 Å². The number of hydrogen-bond acceptors (Lipinski definition) is 4. The smallest absolute Gasteiger partial charge is 0.323 e. The van der Waals surface area contributed by atoms with Gasteiger partial charge >= 0.3 is 5.97 Å². The highest BCUT2D eigenvalue weighted by atomic mass is 35.5. The van der Waals surface area contributed by atoms with Crippen molar-refractivity contribution < 1.29 is 9.53 Å². The highest BCUT2D eigenvalue weighted by molar-refractivity contribution is 6.83. The molecule has 120 valence electrons. The third-order valence-electron chi connectivity index (χ3n) is 2.81. The average molecular weight is 339 g/mol. The topological polar surface area (TPSA) is 78.3 Å². The number of carbonyl (C=O) groups is 1. The maximum absolute atomic E-state index is 11.6. The van der Waals surface area contributed by atoms with E-state index >= 15 is 0 Å². The fourth-order valence-electron chi connectivity index (χ4n) is 1.74. The van der Waals surface area contributed by atoms with E-state index in [4.69, 9.17) is 27.8 Å². The summed E-state index contributed by atoms with van der Waals surface area (Å²) in [4.78, 5) is 11.6. The first-order chi connectivity index (χ1) is 10.1. The van der Waals surface area contributed by atoms with Crippen molar-refractivity contribution in [2.75, 3.05) is 12.3 Å². The van der Waals surface area contributed by atoms with Gasteiger partial charge in [-0.15, -0.1) is 5.54 Å². The monoisotopic (exact) mass is 338 g/mol. The van der Waals surface area contributed by atoms with Crippen LogP contribution in [0.1, 0.15) is 18.1 Å². The van der Waals surface area contributed by atoms with Gasteiger partial charge in [-0.25, -0.2) is 0 Å². The Morgan fingerprint density at radius 2 is 2.05 bits per heavy atom. The Bertz CT molecular complexity index is 615. The molecule has 0 fully saturated rings. The number of rotatable bonds is 4. The maximum Gasteiger partial charge on any atom is 0.323 e. The number of anilines is 1. The van der Waals surface area contributed by atoms with Crippen molar-refractivity contribution in [1.29, 1.82) is 0 Å². The zero-order chi connectivity index (χ0) is 16.9. The van der Waals surface area contributed by atoms with Crippen LogP contribution in [0, 0.1) is 11.5 Å². The van der Waals surface area contributed by atoms with Gasteiger partial charge in [0.2, 0.25) is 0 Å². The van der Waals surface area contributed by atoms with Gasteiger partial charge in [-0.3, -0.25) is 4.79 Å². The van der Waals surface area contributed by atoms with Gasteiger partial charge in [-0.1, -0.05) is 37.2 Å². The number of nitrogens with two attached hydrogens (primary N) is 2. The Kier molecular flexibility index (Phi) is 6.48. The Morgan fingerprint density at radius 1 is 1.41 bits per heavy atom. The standard InChI is InChI=1S/C16H23ClN2O2Si/c1-5-21-16(20)14(18)10-11-8-12(6-7-22(2,3)4)15(19)13(17)9-11/h8-9,14H,5,10,18-19H2,1-4H3. The molecule has 0 aliphatic carbocycles. The van der Waals surface area contributed by atoms with Crippen LogP contribution in [-0.2, 0) is 16.0 Å². The van der Waals surface area contributed by atoms with Crippen molar-refractivity contribution in [2.45, 2.75) is 39.0 Å². The van der Waals surface area contributed by atoms with Gasteiger partial charge in [-0.2, -0.15) is 0 Å². The summed E-state index contributed by atoms with van der Waals surface area (Å²) >= 11 is 6.15. The first-order valence-electron chi connectivity index (χ1n) is 7.17. The number of nitrogen functional groups attached to an aromatic ring is 1. The van der Waals surface area contributed by atoms with Gasteiger partial charge in [0.15, 0.2) is 0 Å². The fourth-order valence-corrected chi connectivity index (χ4v) is 2.49. The summed E-state index contributed by atoms with van der Waals surface area (Å²) in [5.41, 5.74) is 17.0. The second-order valence-electron chi connectivity index (χ2n) is 6.10. The minimum absolute atomic E-state index is 0.308. The number of carbonyl (C=O) groups excluding carboxylic acids is 1. The first kappa shape index (κ1) is 18.6. The molecule has 0 aromatic heterocycles. The second kappa shape index (κ2) is 7.68. The number of benzene rings is 1. The first-order valence-corrected chi connectivity index (χ1v) is 11.0. The molecule has 0 saturated heterocycles. The van der Waals surface area contributed by atoms with E-state index in [1.165, 1.54) is 0 Å². The van der Waals surface area contributed by atoms with Gasteiger partial charge in [0.05, 0.1) is 17.3 Å².